The van der Waals surface area contributed by atoms with Gasteiger partial charge in [0.05, 0.1) is 5.69 Å². The number of fused-ring (bicyclic) bond motifs is 1. The van der Waals surface area contributed by atoms with Gasteiger partial charge in [-0.05, 0) is 30.7 Å². The Morgan fingerprint density at radius 1 is 1.06 bits per heavy atom. The lowest BCUT2D eigenvalue weighted by Gasteiger charge is -2.35. The average molecular weight is 436 g/mol. The Morgan fingerprint density at radius 2 is 1.87 bits per heavy atom. The first kappa shape index (κ1) is 19.7. The second-order valence-corrected chi connectivity index (χ2v) is 8.38. The molecule has 31 heavy (non-hydrogen) atoms. The molecule has 1 saturated heterocycles. The van der Waals surface area contributed by atoms with E-state index in [0.717, 1.165) is 29.6 Å². The summed E-state index contributed by atoms with van der Waals surface area (Å²) in [6.07, 6.45) is 4.73. The minimum Gasteiger partial charge on any atom is -0.353 e. The van der Waals surface area contributed by atoms with Gasteiger partial charge in [-0.15, -0.1) is 11.3 Å². The van der Waals surface area contributed by atoms with Gasteiger partial charge in [-0.3, -0.25) is 9.20 Å². The molecule has 8 heteroatoms. The van der Waals surface area contributed by atoms with Crippen molar-refractivity contribution in [3.05, 3.63) is 71.7 Å². The number of benzene rings is 1. The highest BCUT2D eigenvalue weighted by Gasteiger charge is 2.22. The van der Waals surface area contributed by atoms with E-state index in [4.69, 9.17) is 0 Å². The smallest absolute Gasteiger partial charge is 0.223 e. The number of pyridine rings is 1. The van der Waals surface area contributed by atoms with Crippen LogP contribution in [0.5, 0.6) is 0 Å². The van der Waals surface area contributed by atoms with Gasteiger partial charge < -0.3 is 9.80 Å². The minimum atomic E-state index is -0.283. The predicted octanol–water partition coefficient (Wildman–Crippen LogP) is 3.88. The molecule has 0 spiro atoms. The van der Waals surface area contributed by atoms with Crippen LogP contribution in [0.15, 0.2) is 60.2 Å². The number of imidazole rings is 1. The summed E-state index contributed by atoms with van der Waals surface area (Å²) in [5.74, 6) is 0.838. The number of carbonyl (C=O) groups excluding carboxylic acids is 1. The third kappa shape index (κ3) is 4.03. The lowest BCUT2D eigenvalue weighted by Crippen LogP contribution is -2.49. The number of aryl methyl sites for hydroxylation is 1. The number of hydrogen-bond donors (Lipinski definition) is 0. The first-order valence-corrected chi connectivity index (χ1v) is 11.2. The van der Waals surface area contributed by atoms with Gasteiger partial charge in [0.2, 0.25) is 5.91 Å². The summed E-state index contributed by atoms with van der Waals surface area (Å²) >= 11 is 1.51. The summed E-state index contributed by atoms with van der Waals surface area (Å²) in [6.45, 7) is 2.99. The molecular formula is C23H22FN5OS. The van der Waals surface area contributed by atoms with Crippen molar-refractivity contribution in [2.24, 2.45) is 0 Å². The van der Waals surface area contributed by atoms with Crippen LogP contribution in [0.25, 0.3) is 16.2 Å². The van der Waals surface area contributed by atoms with Crippen LogP contribution in [0.4, 0.5) is 10.2 Å². The fraction of sp³-hybridized carbons (Fsp3) is 0.261. The van der Waals surface area contributed by atoms with Crippen molar-refractivity contribution in [1.29, 1.82) is 0 Å². The zero-order valence-corrected chi connectivity index (χ0v) is 17.8. The molecule has 4 heterocycles. The molecule has 0 radical (unpaired) electrons. The highest BCUT2D eigenvalue weighted by atomic mass is 32.1. The summed E-state index contributed by atoms with van der Waals surface area (Å²) in [6, 6.07) is 12.5. The van der Waals surface area contributed by atoms with Gasteiger partial charge in [-0.25, -0.2) is 14.4 Å². The highest BCUT2D eigenvalue weighted by molar-refractivity contribution is 7.15. The lowest BCUT2D eigenvalue weighted by atomic mass is 10.1. The zero-order valence-electron chi connectivity index (χ0n) is 16.9. The first-order chi connectivity index (χ1) is 15.2. The molecule has 1 aliphatic heterocycles. The molecule has 0 N–H and O–H groups in total. The van der Waals surface area contributed by atoms with Crippen molar-refractivity contribution >= 4 is 28.0 Å². The van der Waals surface area contributed by atoms with Crippen molar-refractivity contribution in [1.82, 2.24) is 19.3 Å². The van der Waals surface area contributed by atoms with Crippen LogP contribution >= 0.6 is 11.3 Å². The molecule has 4 aromatic rings. The summed E-state index contributed by atoms with van der Waals surface area (Å²) in [5.41, 5.74) is 2.13. The topological polar surface area (TPSA) is 53.7 Å². The Hall–Kier alpha value is -3.26. The number of amides is 1. The van der Waals surface area contributed by atoms with Gasteiger partial charge in [0.25, 0.3) is 0 Å². The number of nitrogens with zero attached hydrogens (tertiary/aromatic N) is 5. The zero-order chi connectivity index (χ0) is 21.2. The fourth-order valence-electron chi connectivity index (χ4n) is 3.93. The third-order valence-electron chi connectivity index (χ3n) is 5.63. The molecule has 1 aromatic carbocycles. The molecule has 1 aliphatic rings. The summed E-state index contributed by atoms with van der Waals surface area (Å²) in [7, 11) is 0. The van der Waals surface area contributed by atoms with E-state index in [0.29, 0.717) is 37.2 Å². The van der Waals surface area contributed by atoms with E-state index < -0.39 is 0 Å². The molecule has 5 rings (SSSR count). The number of piperazine rings is 1. The number of hydrogen-bond acceptors (Lipinski definition) is 5. The Morgan fingerprint density at radius 3 is 2.65 bits per heavy atom. The van der Waals surface area contributed by atoms with Crippen molar-refractivity contribution in [2.75, 3.05) is 31.1 Å². The number of aromatic nitrogens is 3. The van der Waals surface area contributed by atoms with E-state index >= 15 is 0 Å². The number of carbonyl (C=O) groups is 1. The van der Waals surface area contributed by atoms with Gasteiger partial charge in [0, 0.05) is 61.6 Å². The van der Waals surface area contributed by atoms with E-state index in [1.54, 1.807) is 24.4 Å². The lowest BCUT2D eigenvalue weighted by molar-refractivity contribution is -0.131. The van der Waals surface area contributed by atoms with Crippen molar-refractivity contribution < 1.29 is 9.18 Å². The number of halogens is 1. The molecule has 0 atom stereocenters. The third-order valence-corrected chi connectivity index (χ3v) is 6.52. The van der Waals surface area contributed by atoms with Crippen molar-refractivity contribution in [3.63, 3.8) is 0 Å². The normalized spacial score (nSPS) is 14.4. The van der Waals surface area contributed by atoms with E-state index in [1.165, 1.54) is 17.4 Å². The molecule has 1 amide bonds. The van der Waals surface area contributed by atoms with Crippen LogP contribution in [0.2, 0.25) is 0 Å². The molecule has 1 fully saturated rings. The van der Waals surface area contributed by atoms with Crippen LogP contribution in [-0.4, -0.2) is 51.4 Å². The Balaban J connectivity index is 1.21. The van der Waals surface area contributed by atoms with Gasteiger partial charge >= 0.3 is 0 Å². The minimum absolute atomic E-state index is 0.162. The number of anilines is 1. The van der Waals surface area contributed by atoms with Gasteiger partial charge in [0.15, 0.2) is 4.96 Å². The number of rotatable bonds is 5. The highest BCUT2D eigenvalue weighted by Crippen LogP contribution is 2.26. The van der Waals surface area contributed by atoms with E-state index in [2.05, 4.69) is 14.9 Å². The van der Waals surface area contributed by atoms with Crippen LogP contribution < -0.4 is 4.90 Å². The van der Waals surface area contributed by atoms with Crippen LogP contribution in [0.3, 0.4) is 0 Å². The average Bonchev–Trinajstić information content (AvgIpc) is 3.40. The maximum Gasteiger partial charge on any atom is 0.223 e. The van der Waals surface area contributed by atoms with E-state index in [-0.39, 0.29) is 11.7 Å². The molecular weight excluding hydrogens is 413 g/mol. The second-order valence-electron chi connectivity index (χ2n) is 7.54. The summed E-state index contributed by atoms with van der Waals surface area (Å²) in [4.78, 5) is 26.7. The number of thiazole rings is 1. The molecule has 0 bridgehead atoms. The maximum absolute atomic E-state index is 14.1. The van der Waals surface area contributed by atoms with Crippen molar-refractivity contribution in [3.8, 4) is 11.3 Å². The van der Waals surface area contributed by atoms with Crippen molar-refractivity contribution in [2.45, 2.75) is 12.8 Å². The SMILES string of the molecule is O=C(CCc1csc2nc(-c3ccccc3F)cn12)N1CCN(c2ccccn2)CC1. The monoisotopic (exact) mass is 435 g/mol. The van der Waals surface area contributed by atoms with Gasteiger partial charge in [0.1, 0.15) is 11.6 Å². The molecule has 3 aromatic heterocycles. The molecule has 0 unspecified atom stereocenters. The summed E-state index contributed by atoms with van der Waals surface area (Å²) in [5, 5.41) is 2.03. The van der Waals surface area contributed by atoms with Gasteiger partial charge in [-0.1, -0.05) is 18.2 Å². The van der Waals surface area contributed by atoms with E-state index in [9.17, 15) is 9.18 Å². The Labute approximate surface area is 183 Å². The fourth-order valence-corrected chi connectivity index (χ4v) is 4.83. The Bertz CT molecular complexity index is 1200. The molecule has 0 aliphatic carbocycles. The summed E-state index contributed by atoms with van der Waals surface area (Å²) < 4.78 is 16.1. The van der Waals surface area contributed by atoms with Crippen LogP contribution in [0.1, 0.15) is 12.1 Å². The predicted molar refractivity (Wildman–Crippen MR) is 120 cm³/mol. The molecule has 158 valence electrons. The molecule has 6 nitrogen and oxygen atoms in total. The van der Waals surface area contributed by atoms with Gasteiger partial charge in [-0.2, -0.15) is 0 Å². The van der Waals surface area contributed by atoms with E-state index in [1.807, 2.05) is 39.1 Å². The van der Waals surface area contributed by atoms with Crippen LogP contribution in [-0.2, 0) is 11.2 Å². The maximum atomic E-state index is 14.1. The largest absolute Gasteiger partial charge is 0.353 e. The molecule has 0 saturated carbocycles. The second kappa shape index (κ2) is 8.47. The first-order valence-electron chi connectivity index (χ1n) is 10.3. The Kier molecular flexibility index (Phi) is 5.38. The van der Waals surface area contributed by atoms with Crippen LogP contribution in [0, 0.1) is 5.82 Å². The quantitative estimate of drug-likeness (QED) is 0.477. The standard InChI is InChI=1S/C23H22FN5OS/c24-19-6-2-1-5-18(19)20-15-29-17(16-31-23(29)26-20)8-9-22(30)28-13-11-27(12-14-28)21-7-3-4-10-25-21/h1-7,10,15-16H,8-9,11-14H2.